The van der Waals surface area contributed by atoms with E-state index in [4.69, 9.17) is 0 Å². The molecule has 7 nitrogen and oxygen atoms in total. The van der Waals surface area contributed by atoms with Crippen LogP contribution < -0.4 is 9.80 Å². The molecule has 2 aliphatic heterocycles. The molecule has 0 radical (unpaired) electrons. The summed E-state index contributed by atoms with van der Waals surface area (Å²) in [6, 6.07) is 5.99. The molecule has 2 saturated heterocycles. The molecule has 2 heterocycles. The minimum absolute atomic E-state index is 0.259. The molecule has 3 fully saturated rings. The van der Waals surface area contributed by atoms with Crippen molar-refractivity contribution < 1.29 is 19.8 Å². The van der Waals surface area contributed by atoms with Crippen LogP contribution in [0.4, 0.5) is 16.2 Å². The van der Waals surface area contributed by atoms with Gasteiger partial charge in [-0.25, -0.2) is 4.79 Å². The van der Waals surface area contributed by atoms with Gasteiger partial charge in [0.1, 0.15) is 0 Å². The largest absolute Gasteiger partial charge is 0.465 e. The Morgan fingerprint density at radius 3 is 2.52 bits per heavy atom. The molecule has 1 aromatic carbocycles. The summed E-state index contributed by atoms with van der Waals surface area (Å²) in [5.41, 5.74) is 1.86. The van der Waals surface area contributed by atoms with Crippen molar-refractivity contribution in [2.75, 3.05) is 36.5 Å². The van der Waals surface area contributed by atoms with Crippen molar-refractivity contribution >= 4 is 23.4 Å². The molecule has 2 amide bonds. The van der Waals surface area contributed by atoms with Crippen molar-refractivity contribution in [2.45, 2.75) is 70.4 Å². The van der Waals surface area contributed by atoms with Crippen LogP contribution in [0.2, 0.25) is 0 Å². The number of rotatable bonds is 3. The molecule has 1 atom stereocenters. The first kappa shape index (κ1) is 21.9. The van der Waals surface area contributed by atoms with Crippen LogP contribution in [-0.4, -0.2) is 65.4 Å². The molecular weight excluding hydrogens is 394 g/mol. The topological polar surface area (TPSA) is 84.3 Å². The first-order valence-electron chi connectivity index (χ1n) is 11.5. The Labute approximate surface area is 184 Å². The molecule has 1 aliphatic carbocycles. The van der Waals surface area contributed by atoms with Gasteiger partial charge in [-0.3, -0.25) is 9.69 Å². The number of aryl methyl sites for hydroxylation is 1. The zero-order chi connectivity index (χ0) is 22.4. The van der Waals surface area contributed by atoms with Crippen LogP contribution in [0.15, 0.2) is 18.2 Å². The zero-order valence-electron chi connectivity index (χ0n) is 18.9. The molecule has 170 valence electrons. The van der Waals surface area contributed by atoms with Gasteiger partial charge in [0.15, 0.2) is 0 Å². The fourth-order valence-electron chi connectivity index (χ4n) is 5.76. The number of anilines is 2. The Kier molecular flexibility index (Phi) is 5.66. The van der Waals surface area contributed by atoms with Gasteiger partial charge in [0.25, 0.3) is 0 Å². The summed E-state index contributed by atoms with van der Waals surface area (Å²) in [7, 11) is 1.54. The molecule has 1 spiro atoms. The van der Waals surface area contributed by atoms with Crippen molar-refractivity contribution in [3.05, 3.63) is 23.8 Å². The van der Waals surface area contributed by atoms with E-state index < -0.39 is 11.7 Å². The van der Waals surface area contributed by atoms with Crippen LogP contribution in [0, 0.1) is 12.3 Å². The smallest absolute Gasteiger partial charge is 0.411 e. The second kappa shape index (κ2) is 8.01. The molecule has 31 heavy (non-hydrogen) atoms. The molecule has 0 aromatic heterocycles. The predicted octanol–water partition coefficient (Wildman–Crippen LogP) is 3.62. The van der Waals surface area contributed by atoms with E-state index in [1.807, 2.05) is 32.0 Å². The van der Waals surface area contributed by atoms with E-state index >= 15 is 0 Å². The average molecular weight is 430 g/mol. The predicted molar refractivity (Wildman–Crippen MR) is 121 cm³/mol. The lowest BCUT2D eigenvalue weighted by Gasteiger charge is -2.42. The van der Waals surface area contributed by atoms with E-state index in [2.05, 4.69) is 9.80 Å². The minimum Gasteiger partial charge on any atom is -0.465 e. The third kappa shape index (κ3) is 4.12. The number of hydrogen-bond acceptors (Lipinski definition) is 4. The molecule has 3 aliphatic rings. The van der Waals surface area contributed by atoms with Crippen LogP contribution >= 0.6 is 0 Å². The second-order valence-corrected chi connectivity index (χ2v) is 10.1. The standard InChI is InChI=1S/C24H35N3O4/c1-17-15-19(25(3)22(29)30)5-6-20(17)26-13-4-9-24(16-26)12-14-27(21(24)28)18-7-10-23(2,31)11-8-18/h5-6,15,18,31H,4,7-14,16H2,1-3H3,(H,29,30)/t18-,23+,24-/m0/s1. The Bertz CT molecular complexity index is 860. The van der Waals surface area contributed by atoms with E-state index in [1.165, 1.54) is 4.90 Å². The number of amides is 2. The molecule has 0 unspecified atom stereocenters. The summed E-state index contributed by atoms with van der Waals surface area (Å²) in [6.07, 6.45) is 5.12. The lowest BCUT2D eigenvalue weighted by Crippen LogP contribution is -2.50. The Morgan fingerprint density at radius 2 is 1.87 bits per heavy atom. The molecule has 7 heteroatoms. The molecule has 4 rings (SSSR count). The highest BCUT2D eigenvalue weighted by molar-refractivity contribution is 5.87. The summed E-state index contributed by atoms with van der Waals surface area (Å²) >= 11 is 0. The van der Waals surface area contributed by atoms with E-state index in [0.717, 1.165) is 75.8 Å². The fourth-order valence-corrected chi connectivity index (χ4v) is 5.76. The van der Waals surface area contributed by atoms with Crippen LogP contribution in [0.5, 0.6) is 0 Å². The highest BCUT2D eigenvalue weighted by atomic mass is 16.4. The van der Waals surface area contributed by atoms with Gasteiger partial charge in [-0.1, -0.05) is 0 Å². The fraction of sp³-hybridized carbons (Fsp3) is 0.667. The number of carbonyl (C=O) groups is 2. The van der Waals surface area contributed by atoms with Gasteiger partial charge in [-0.2, -0.15) is 0 Å². The number of piperidine rings is 1. The SMILES string of the molecule is Cc1cc(N(C)C(=O)O)ccc1N1CCC[C@]2(CCN([C@H]3CC[C@@](C)(O)CC3)C2=O)C1. The molecule has 2 N–H and O–H groups in total. The highest BCUT2D eigenvalue weighted by Crippen LogP contribution is 2.44. The maximum Gasteiger partial charge on any atom is 0.411 e. The van der Waals surface area contributed by atoms with Crippen LogP contribution in [0.3, 0.4) is 0 Å². The Hall–Kier alpha value is -2.28. The summed E-state index contributed by atoms with van der Waals surface area (Å²) in [6.45, 7) is 6.36. The average Bonchev–Trinajstić information content (AvgIpc) is 3.03. The van der Waals surface area contributed by atoms with Gasteiger partial charge in [-0.05, 0) is 82.6 Å². The summed E-state index contributed by atoms with van der Waals surface area (Å²) < 4.78 is 0. The van der Waals surface area contributed by atoms with Gasteiger partial charge < -0.3 is 20.0 Å². The monoisotopic (exact) mass is 429 g/mol. The van der Waals surface area contributed by atoms with Crippen LogP contribution in [-0.2, 0) is 4.79 Å². The zero-order valence-corrected chi connectivity index (χ0v) is 18.9. The van der Waals surface area contributed by atoms with Gasteiger partial charge in [-0.15, -0.1) is 0 Å². The van der Waals surface area contributed by atoms with Gasteiger partial charge in [0, 0.05) is 44.1 Å². The first-order valence-corrected chi connectivity index (χ1v) is 11.5. The van der Waals surface area contributed by atoms with Crippen molar-refractivity contribution in [2.24, 2.45) is 5.41 Å². The van der Waals surface area contributed by atoms with Crippen molar-refractivity contribution in [1.29, 1.82) is 0 Å². The number of hydrogen-bond donors (Lipinski definition) is 2. The summed E-state index contributed by atoms with van der Waals surface area (Å²) in [5.74, 6) is 0.295. The maximum absolute atomic E-state index is 13.6. The number of nitrogens with zero attached hydrogens (tertiary/aromatic N) is 3. The second-order valence-electron chi connectivity index (χ2n) is 10.1. The lowest BCUT2D eigenvalue weighted by atomic mass is 9.78. The molecular formula is C24H35N3O4. The number of benzene rings is 1. The lowest BCUT2D eigenvalue weighted by molar-refractivity contribution is -0.140. The van der Waals surface area contributed by atoms with E-state index in [1.54, 1.807) is 7.05 Å². The third-order valence-electron chi connectivity index (χ3n) is 7.79. The number of likely N-dealkylation sites (tertiary alicyclic amines) is 1. The van der Waals surface area contributed by atoms with Gasteiger partial charge in [0.05, 0.1) is 11.0 Å². The van der Waals surface area contributed by atoms with E-state index in [9.17, 15) is 19.8 Å². The summed E-state index contributed by atoms with van der Waals surface area (Å²) in [5, 5.41) is 19.5. The first-order chi connectivity index (χ1) is 14.6. The normalized spacial score (nSPS) is 31.4. The molecule has 0 bridgehead atoms. The Balaban J connectivity index is 1.49. The van der Waals surface area contributed by atoms with Crippen molar-refractivity contribution in [1.82, 2.24) is 4.90 Å². The van der Waals surface area contributed by atoms with E-state index in [0.29, 0.717) is 11.6 Å². The van der Waals surface area contributed by atoms with E-state index in [-0.39, 0.29) is 11.5 Å². The van der Waals surface area contributed by atoms with Crippen LogP contribution in [0.25, 0.3) is 0 Å². The van der Waals surface area contributed by atoms with Crippen molar-refractivity contribution in [3.63, 3.8) is 0 Å². The number of carboxylic acid groups (broad SMARTS) is 1. The molecule has 1 aromatic rings. The number of carbonyl (C=O) groups excluding carboxylic acids is 1. The number of aliphatic hydroxyl groups is 1. The highest BCUT2D eigenvalue weighted by Gasteiger charge is 2.51. The third-order valence-corrected chi connectivity index (χ3v) is 7.79. The minimum atomic E-state index is -0.982. The summed E-state index contributed by atoms with van der Waals surface area (Å²) in [4.78, 5) is 30.5. The van der Waals surface area contributed by atoms with Crippen molar-refractivity contribution in [3.8, 4) is 0 Å². The maximum atomic E-state index is 13.6. The van der Waals surface area contributed by atoms with Gasteiger partial charge in [0.2, 0.25) is 5.91 Å². The Morgan fingerprint density at radius 1 is 1.16 bits per heavy atom. The quantitative estimate of drug-likeness (QED) is 0.767. The van der Waals surface area contributed by atoms with Crippen LogP contribution in [0.1, 0.15) is 57.4 Å². The van der Waals surface area contributed by atoms with Gasteiger partial charge >= 0.3 is 6.09 Å². The molecule has 1 saturated carbocycles.